The van der Waals surface area contributed by atoms with Gasteiger partial charge in [0.1, 0.15) is 12.4 Å². The second kappa shape index (κ2) is 13.6. The molecule has 0 amide bonds. The largest absolute Gasteiger partial charge is 0.497 e. The van der Waals surface area contributed by atoms with Gasteiger partial charge < -0.3 is 18.9 Å². The van der Waals surface area contributed by atoms with E-state index in [1.165, 1.54) is 28.0 Å². The predicted octanol–water partition coefficient (Wildman–Crippen LogP) is 4.69. The smallest absolute Gasteiger partial charge is 0.338 e. The molecule has 1 aromatic heterocycles. The Labute approximate surface area is 262 Å². The van der Waals surface area contributed by atoms with Gasteiger partial charge in [0.25, 0.3) is 11.2 Å². The van der Waals surface area contributed by atoms with Crippen LogP contribution < -0.4 is 29.1 Å². The lowest BCUT2D eigenvalue weighted by atomic mass is 9.96. The number of non-ortho nitro benzene ring substituents is 1. The van der Waals surface area contributed by atoms with Crippen LogP contribution in [0.5, 0.6) is 17.2 Å². The molecule has 0 radical (unpaired) electrons. The first-order chi connectivity index (χ1) is 21.7. The summed E-state index contributed by atoms with van der Waals surface area (Å²) in [5.74, 6) is 1.09. The Morgan fingerprint density at radius 1 is 1.02 bits per heavy atom. The van der Waals surface area contributed by atoms with Gasteiger partial charge in [0.15, 0.2) is 16.3 Å². The molecule has 0 spiro atoms. The molecule has 0 aliphatic carbocycles. The van der Waals surface area contributed by atoms with E-state index in [0.29, 0.717) is 55.6 Å². The number of hydrogen-bond acceptors (Lipinski definition) is 10. The number of allylic oxidation sites excluding steroid dienone is 1. The van der Waals surface area contributed by atoms with Gasteiger partial charge in [-0.3, -0.25) is 19.5 Å². The van der Waals surface area contributed by atoms with Crippen molar-refractivity contribution in [2.45, 2.75) is 33.4 Å². The Morgan fingerprint density at radius 2 is 1.76 bits per heavy atom. The minimum atomic E-state index is -0.734. The molecule has 3 aromatic carbocycles. The molecule has 0 bridgehead atoms. The van der Waals surface area contributed by atoms with Gasteiger partial charge in [0.05, 0.1) is 47.1 Å². The van der Waals surface area contributed by atoms with Gasteiger partial charge in [0.2, 0.25) is 0 Å². The van der Waals surface area contributed by atoms with Gasteiger partial charge in [-0.25, -0.2) is 9.79 Å². The van der Waals surface area contributed by atoms with Crippen molar-refractivity contribution in [1.29, 1.82) is 0 Å². The molecule has 2 heterocycles. The van der Waals surface area contributed by atoms with Gasteiger partial charge in [-0.1, -0.05) is 29.5 Å². The van der Waals surface area contributed by atoms with Crippen molar-refractivity contribution >= 4 is 29.1 Å². The summed E-state index contributed by atoms with van der Waals surface area (Å²) >= 11 is 1.23. The Morgan fingerprint density at radius 3 is 2.40 bits per heavy atom. The summed E-state index contributed by atoms with van der Waals surface area (Å²) in [6, 6.07) is 17.9. The van der Waals surface area contributed by atoms with Crippen molar-refractivity contribution in [3.63, 3.8) is 0 Å². The van der Waals surface area contributed by atoms with E-state index in [4.69, 9.17) is 18.9 Å². The molecule has 0 N–H and O–H groups in total. The van der Waals surface area contributed by atoms with Crippen LogP contribution in [0.25, 0.3) is 6.08 Å². The van der Waals surface area contributed by atoms with Crippen LogP contribution in [0.15, 0.2) is 87.8 Å². The topological polar surface area (TPSA) is 131 Å². The summed E-state index contributed by atoms with van der Waals surface area (Å²) in [6.07, 6.45) is 1.75. The van der Waals surface area contributed by atoms with Crippen LogP contribution in [0.1, 0.15) is 43.5 Å². The average molecular weight is 630 g/mol. The van der Waals surface area contributed by atoms with E-state index in [0.717, 1.165) is 5.56 Å². The normalized spacial score (nSPS) is 14.4. The number of nitro groups is 1. The quantitative estimate of drug-likeness (QED) is 0.133. The predicted molar refractivity (Wildman–Crippen MR) is 168 cm³/mol. The first kappa shape index (κ1) is 31.2. The van der Waals surface area contributed by atoms with Crippen molar-refractivity contribution in [2.24, 2.45) is 4.99 Å². The van der Waals surface area contributed by atoms with E-state index in [2.05, 4.69) is 4.99 Å². The number of aromatic nitrogens is 1. The first-order valence-electron chi connectivity index (χ1n) is 14.2. The second-order valence-electron chi connectivity index (χ2n) is 9.93. The molecule has 1 aliphatic rings. The molecule has 5 rings (SSSR count). The molecule has 4 aromatic rings. The third-order valence-corrected chi connectivity index (χ3v) is 8.04. The maximum Gasteiger partial charge on any atom is 0.338 e. The molecule has 0 saturated carbocycles. The van der Waals surface area contributed by atoms with Crippen molar-refractivity contribution in [1.82, 2.24) is 4.57 Å². The first-order valence-corrected chi connectivity index (χ1v) is 15.0. The third kappa shape index (κ3) is 6.65. The molecule has 45 heavy (non-hydrogen) atoms. The summed E-state index contributed by atoms with van der Waals surface area (Å²) in [5.41, 5.74) is 2.67. The van der Waals surface area contributed by atoms with Crippen molar-refractivity contribution in [3.8, 4) is 17.2 Å². The summed E-state index contributed by atoms with van der Waals surface area (Å²) in [5, 5.41) is 10.9. The zero-order valence-electron chi connectivity index (χ0n) is 25.1. The number of carbonyl (C=O) groups is 1. The molecule has 232 valence electrons. The van der Waals surface area contributed by atoms with Crippen LogP contribution in [-0.2, 0) is 16.1 Å². The SMILES string of the molecule is CCOC(=O)C1=C(C)N=c2s/c(=C\c3ccc(OCc4ccc([N+](=O)[O-])cc4)c(OCC)c3)c(=O)n2C1c1ccc(OC)cc1. The number of esters is 1. The van der Waals surface area contributed by atoms with Crippen molar-refractivity contribution in [2.75, 3.05) is 20.3 Å². The Balaban J connectivity index is 1.51. The summed E-state index contributed by atoms with van der Waals surface area (Å²) in [7, 11) is 1.57. The fourth-order valence-electron chi connectivity index (χ4n) is 4.92. The number of ether oxygens (including phenoxy) is 4. The third-order valence-electron chi connectivity index (χ3n) is 7.06. The number of thiazole rings is 1. The van der Waals surface area contributed by atoms with Gasteiger partial charge >= 0.3 is 5.97 Å². The van der Waals surface area contributed by atoms with Crippen LogP contribution in [0, 0.1) is 10.1 Å². The number of nitrogens with zero attached hydrogens (tertiary/aromatic N) is 3. The van der Waals surface area contributed by atoms with Crippen LogP contribution in [0.2, 0.25) is 0 Å². The number of nitro benzene ring substituents is 1. The standard InChI is InChI=1S/C33H31N3O8S/c1-5-42-27-17-22(9-16-26(27)44-19-21-7-12-24(13-8-21)36(39)40)18-28-31(37)35-30(23-10-14-25(41-4)15-11-23)29(32(38)43-6-2)20(3)34-33(35)45-28/h7-18,30H,5-6,19H2,1-4H3/b28-18-. The fraction of sp³-hybridized carbons (Fsp3) is 0.242. The molecule has 0 saturated heterocycles. The number of methoxy groups -OCH3 is 1. The lowest BCUT2D eigenvalue weighted by molar-refractivity contribution is -0.384. The molecular formula is C33H31N3O8S. The van der Waals surface area contributed by atoms with E-state index in [1.54, 1.807) is 63.4 Å². The van der Waals surface area contributed by atoms with Crippen LogP contribution in [0.4, 0.5) is 5.69 Å². The highest BCUT2D eigenvalue weighted by atomic mass is 32.1. The van der Waals surface area contributed by atoms with Crippen LogP contribution in [-0.4, -0.2) is 35.8 Å². The summed E-state index contributed by atoms with van der Waals surface area (Å²) < 4.78 is 24.4. The monoisotopic (exact) mass is 629 g/mol. The van der Waals surface area contributed by atoms with Crippen LogP contribution in [0.3, 0.4) is 0 Å². The number of rotatable bonds is 11. The van der Waals surface area contributed by atoms with Crippen molar-refractivity contribution in [3.05, 3.63) is 124 Å². The van der Waals surface area contributed by atoms with Gasteiger partial charge in [0, 0.05) is 12.1 Å². The zero-order valence-corrected chi connectivity index (χ0v) is 26.0. The maximum absolute atomic E-state index is 13.9. The highest BCUT2D eigenvalue weighted by Crippen LogP contribution is 2.32. The molecule has 11 nitrogen and oxygen atoms in total. The Bertz CT molecular complexity index is 1940. The fourth-order valence-corrected chi connectivity index (χ4v) is 5.97. The van der Waals surface area contributed by atoms with Gasteiger partial charge in [-0.2, -0.15) is 0 Å². The van der Waals surface area contributed by atoms with Gasteiger partial charge in [-0.05, 0) is 79.9 Å². The van der Waals surface area contributed by atoms with E-state index in [1.807, 2.05) is 25.1 Å². The Kier molecular flexibility index (Phi) is 9.43. The molecule has 1 unspecified atom stereocenters. The van der Waals surface area contributed by atoms with Crippen LogP contribution >= 0.6 is 11.3 Å². The van der Waals surface area contributed by atoms with E-state index in [9.17, 15) is 19.7 Å². The summed E-state index contributed by atoms with van der Waals surface area (Å²) in [4.78, 5) is 42.6. The number of hydrogen-bond donors (Lipinski definition) is 0. The van der Waals surface area contributed by atoms with Crippen molar-refractivity contribution < 1.29 is 28.7 Å². The lowest BCUT2D eigenvalue weighted by Crippen LogP contribution is -2.39. The summed E-state index contributed by atoms with van der Waals surface area (Å²) in [6.45, 7) is 6.08. The second-order valence-corrected chi connectivity index (χ2v) is 10.9. The number of fused-ring (bicyclic) bond motifs is 1. The Hall–Kier alpha value is -5.23. The number of benzene rings is 3. The molecule has 12 heteroatoms. The van der Waals surface area contributed by atoms with Gasteiger partial charge in [-0.15, -0.1) is 0 Å². The van der Waals surface area contributed by atoms with E-state index >= 15 is 0 Å². The molecule has 0 fully saturated rings. The molecule has 1 atom stereocenters. The lowest BCUT2D eigenvalue weighted by Gasteiger charge is -2.24. The van der Waals surface area contributed by atoms with E-state index < -0.39 is 16.9 Å². The minimum Gasteiger partial charge on any atom is -0.497 e. The average Bonchev–Trinajstić information content (AvgIpc) is 3.34. The minimum absolute atomic E-state index is 0.00554. The zero-order chi connectivity index (χ0) is 32.1. The van der Waals surface area contributed by atoms with E-state index in [-0.39, 0.29) is 24.5 Å². The molecular weight excluding hydrogens is 598 g/mol. The molecule has 1 aliphatic heterocycles. The number of carbonyl (C=O) groups excluding carboxylic acids is 1. The highest BCUT2D eigenvalue weighted by molar-refractivity contribution is 7.07. The highest BCUT2D eigenvalue weighted by Gasteiger charge is 2.33. The maximum atomic E-state index is 13.9.